The molecule has 0 aliphatic heterocycles. The first kappa shape index (κ1) is 15.1. The molecule has 0 saturated heterocycles. The van der Waals surface area contributed by atoms with E-state index in [0.29, 0.717) is 12.1 Å². The third kappa shape index (κ3) is 3.07. The van der Waals surface area contributed by atoms with Crippen molar-refractivity contribution in [2.75, 3.05) is 12.4 Å². The lowest BCUT2D eigenvalue weighted by atomic mass is 10.1. The molecule has 0 saturated carbocycles. The van der Waals surface area contributed by atoms with Gasteiger partial charge in [-0.25, -0.2) is 4.79 Å². The maximum atomic E-state index is 11.6. The minimum atomic E-state index is -0.327. The molecular weight excluding hydrogens is 266 g/mol. The van der Waals surface area contributed by atoms with Crippen molar-refractivity contribution in [1.82, 2.24) is 9.78 Å². The van der Waals surface area contributed by atoms with Crippen LogP contribution in [0.1, 0.15) is 32.9 Å². The van der Waals surface area contributed by atoms with E-state index in [1.54, 1.807) is 6.07 Å². The molecule has 5 nitrogen and oxygen atoms in total. The van der Waals surface area contributed by atoms with Gasteiger partial charge in [0, 0.05) is 30.5 Å². The van der Waals surface area contributed by atoms with E-state index in [4.69, 9.17) is 4.74 Å². The maximum Gasteiger partial charge on any atom is 0.337 e. The molecule has 0 unspecified atom stereocenters. The summed E-state index contributed by atoms with van der Waals surface area (Å²) in [6.45, 7) is 6.74. The highest BCUT2D eigenvalue weighted by Gasteiger charge is 2.11. The largest absolute Gasteiger partial charge is 0.465 e. The van der Waals surface area contributed by atoms with Gasteiger partial charge >= 0.3 is 5.97 Å². The fourth-order valence-corrected chi connectivity index (χ4v) is 2.31. The van der Waals surface area contributed by atoms with E-state index in [1.807, 2.05) is 37.7 Å². The number of methoxy groups -OCH3 is 1. The van der Waals surface area contributed by atoms with Crippen LogP contribution < -0.4 is 5.32 Å². The summed E-state index contributed by atoms with van der Waals surface area (Å²) in [5.41, 5.74) is 5.90. The Morgan fingerprint density at radius 3 is 2.62 bits per heavy atom. The lowest BCUT2D eigenvalue weighted by Crippen LogP contribution is -2.06. The lowest BCUT2D eigenvalue weighted by molar-refractivity contribution is 0.0601. The van der Waals surface area contributed by atoms with Gasteiger partial charge in [-0.2, -0.15) is 5.10 Å². The van der Waals surface area contributed by atoms with Gasteiger partial charge in [0.25, 0.3) is 0 Å². The van der Waals surface area contributed by atoms with E-state index >= 15 is 0 Å². The SMILES string of the molecule is COC(=O)c1ccc(C)c(NCc2c(C)nn(C)c2C)c1. The number of benzene rings is 1. The first-order chi connectivity index (χ1) is 9.93. The van der Waals surface area contributed by atoms with Crippen LogP contribution in [0.15, 0.2) is 18.2 Å². The summed E-state index contributed by atoms with van der Waals surface area (Å²) < 4.78 is 6.63. The van der Waals surface area contributed by atoms with Crippen molar-refractivity contribution in [3.8, 4) is 0 Å². The molecule has 21 heavy (non-hydrogen) atoms. The van der Waals surface area contributed by atoms with Gasteiger partial charge in [-0.05, 0) is 38.5 Å². The number of nitrogens with zero attached hydrogens (tertiary/aromatic N) is 2. The van der Waals surface area contributed by atoms with Crippen molar-refractivity contribution < 1.29 is 9.53 Å². The molecule has 0 aliphatic carbocycles. The number of hydrogen-bond acceptors (Lipinski definition) is 4. The number of anilines is 1. The van der Waals surface area contributed by atoms with Gasteiger partial charge in [0.05, 0.1) is 18.4 Å². The fraction of sp³-hybridized carbons (Fsp3) is 0.375. The maximum absolute atomic E-state index is 11.6. The van der Waals surface area contributed by atoms with Crippen LogP contribution in [-0.4, -0.2) is 22.9 Å². The van der Waals surface area contributed by atoms with E-state index in [9.17, 15) is 4.79 Å². The van der Waals surface area contributed by atoms with Gasteiger partial charge in [0.1, 0.15) is 0 Å². The van der Waals surface area contributed by atoms with Gasteiger partial charge in [-0.3, -0.25) is 4.68 Å². The van der Waals surface area contributed by atoms with Crippen molar-refractivity contribution in [3.63, 3.8) is 0 Å². The Kier molecular flexibility index (Phi) is 4.31. The Bertz CT molecular complexity index is 674. The zero-order chi connectivity index (χ0) is 15.6. The zero-order valence-electron chi connectivity index (χ0n) is 13.2. The molecule has 1 heterocycles. The quantitative estimate of drug-likeness (QED) is 0.879. The minimum Gasteiger partial charge on any atom is -0.465 e. The summed E-state index contributed by atoms with van der Waals surface area (Å²) in [6.07, 6.45) is 0. The summed E-state index contributed by atoms with van der Waals surface area (Å²) in [7, 11) is 3.33. The normalized spacial score (nSPS) is 10.5. The second kappa shape index (κ2) is 5.99. The smallest absolute Gasteiger partial charge is 0.337 e. The van der Waals surface area contributed by atoms with Crippen LogP contribution in [0.25, 0.3) is 0 Å². The third-order valence-electron chi connectivity index (χ3n) is 3.77. The van der Waals surface area contributed by atoms with Crippen LogP contribution in [-0.2, 0) is 18.3 Å². The number of carbonyl (C=O) groups is 1. The Labute approximate surface area is 124 Å². The summed E-state index contributed by atoms with van der Waals surface area (Å²) in [6, 6.07) is 5.51. The van der Waals surface area contributed by atoms with Gasteiger partial charge in [-0.15, -0.1) is 0 Å². The van der Waals surface area contributed by atoms with E-state index in [2.05, 4.69) is 17.3 Å². The molecule has 112 valence electrons. The van der Waals surface area contributed by atoms with Crippen molar-refractivity contribution in [2.24, 2.45) is 7.05 Å². The van der Waals surface area contributed by atoms with E-state index in [-0.39, 0.29) is 5.97 Å². The average molecular weight is 287 g/mol. The number of ether oxygens (including phenoxy) is 1. The third-order valence-corrected chi connectivity index (χ3v) is 3.77. The van der Waals surface area contributed by atoms with E-state index < -0.39 is 0 Å². The molecule has 1 aromatic heterocycles. The molecule has 0 amide bonds. The molecule has 5 heteroatoms. The molecule has 2 aromatic rings. The van der Waals surface area contributed by atoms with E-state index in [1.165, 1.54) is 12.7 Å². The zero-order valence-corrected chi connectivity index (χ0v) is 13.2. The lowest BCUT2D eigenvalue weighted by Gasteiger charge is -2.11. The molecule has 0 fully saturated rings. The molecule has 0 bridgehead atoms. The molecule has 2 rings (SSSR count). The van der Waals surface area contributed by atoms with Crippen molar-refractivity contribution in [1.29, 1.82) is 0 Å². The Balaban J connectivity index is 2.21. The van der Waals surface area contributed by atoms with Gasteiger partial charge in [-0.1, -0.05) is 6.07 Å². The molecule has 0 spiro atoms. The number of esters is 1. The highest BCUT2D eigenvalue weighted by atomic mass is 16.5. The highest BCUT2D eigenvalue weighted by molar-refractivity contribution is 5.90. The topological polar surface area (TPSA) is 56.1 Å². The Hall–Kier alpha value is -2.30. The van der Waals surface area contributed by atoms with Crippen molar-refractivity contribution in [2.45, 2.75) is 27.3 Å². The van der Waals surface area contributed by atoms with E-state index in [0.717, 1.165) is 22.6 Å². The van der Waals surface area contributed by atoms with Gasteiger partial charge in [0.2, 0.25) is 0 Å². The second-order valence-electron chi connectivity index (χ2n) is 5.15. The van der Waals surface area contributed by atoms with Crippen LogP contribution in [0.5, 0.6) is 0 Å². The predicted octanol–water partition coefficient (Wildman–Crippen LogP) is 2.74. The monoisotopic (exact) mass is 287 g/mol. The summed E-state index contributed by atoms with van der Waals surface area (Å²) >= 11 is 0. The van der Waals surface area contributed by atoms with Crippen LogP contribution in [0.4, 0.5) is 5.69 Å². The van der Waals surface area contributed by atoms with Crippen molar-refractivity contribution in [3.05, 3.63) is 46.3 Å². The minimum absolute atomic E-state index is 0.327. The average Bonchev–Trinajstić information content (AvgIpc) is 2.71. The van der Waals surface area contributed by atoms with Crippen molar-refractivity contribution >= 4 is 11.7 Å². The number of rotatable bonds is 4. The molecule has 0 aliphatic rings. The Morgan fingerprint density at radius 2 is 2.05 bits per heavy atom. The number of carbonyl (C=O) groups excluding carboxylic acids is 1. The summed E-state index contributed by atoms with van der Waals surface area (Å²) in [4.78, 5) is 11.6. The van der Waals surface area contributed by atoms with Crippen LogP contribution in [0, 0.1) is 20.8 Å². The summed E-state index contributed by atoms with van der Waals surface area (Å²) in [5.74, 6) is -0.327. The van der Waals surface area contributed by atoms with Crippen LogP contribution in [0.3, 0.4) is 0 Å². The first-order valence-corrected chi connectivity index (χ1v) is 6.86. The molecule has 0 radical (unpaired) electrons. The number of aryl methyl sites for hydroxylation is 3. The standard InChI is InChI=1S/C16H21N3O2/c1-10-6-7-13(16(20)21-5)8-15(10)17-9-14-11(2)18-19(4)12(14)3/h6-8,17H,9H2,1-5H3. The molecule has 1 aromatic carbocycles. The predicted molar refractivity (Wildman–Crippen MR) is 82.5 cm³/mol. The summed E-state index contributed by atoms with van der Waals surface area (Å²) in [5, 5.41) is 7.79. The fourth-order valence-electron chi connectivity index (χ4n) is 2.31. The Morgan fingerprint density at radius 1 is 1.33 bits per heavy atom. The number of aromatic nitrogens is 2. The number of hydrogen-bond donors (Lipinski definition) is 1. The second-order valence-corrected chi connectivity index (χ2v) is 5.15. The van der Waals surface area contributed by atoms with Gasteiger partial charge in [0.15, 0.2) is 0 Å². The van der Waals surface area contributed by atoms with Gasteiger partial charge < -0.3 is 10.1 Å². The van der Waals surface area contributed by atoms with Crippen LogP contribution in [0.2, 0.25) is 0 Å². The highest BCUT2D eigenvalue weighted by Crippen LogP contribution is 2.20. The first-order valence-electron chi connectivity index (χ1n) is 6.86. The molecule has 0 atom stereocenters. The van der Waals surface area contributed by atoms with Crippen LogP contribution >= 0.6 is 0 Å². The molecule has 1 N–H and O–H groups in total. The number of nitrogens with one attached hydrogen (secondary N) is 1. The molecular formula is C16H21N3O2.